The molecular formula is C20H18N2O4. The molecule has 0 bridgehead atoms. The molecule has 0 aliphatic rings. The largest absolute Gasteiger partial charge is 0.417 e. The highest BCUT2D eigenvalue weighted by Gasteiger charge is 2.12. The van der Waals surface area contributed by atoms with Crippen LogP contribution in [-0.2, 0) is 11.2 Å². The van der Waals surface area contributed by atoms with E-state index in [4.69, 9.17) is 4.42 Å². The van der Waals surface area contributed by atoms with Crippen LogP contribution in [0.2, 0.25) is 0 Å². The van der Waals surface area contributed by atoms with Crippen LogP contribution >= 0.6 is 0 Å². The van der Waals surface area contributed by atoms with Gasteiger partial charge in [0.2, 0.25) is 5.91 Å². The van der Waals surface area contributed by atoms with Gasteiger partial charge in [-0.2, -0.15) is 0 Å². The average molecular weight is 350 g/mol. The number of benzene rings is 2. The predicted molar refractivity (Wildman–Crippen MR) is 99.3 cm³/mol. The van der Waals surface area contributed by atoms with Crippen LogP contribution in [0, 0.1) is 0 Å². The maximum atomic E-state index is 12.4. The normalized spacial score (nSPS) is 10.5. The van der Waals surface area contributed by atoms with Gasteiger partial charge in [0, 0.05) is 19.8 Å². The summed E-state index contributed by atoms with van der Waals surface area (Å²) < 4.78 is 5.11. The lowest BCUT2D eigenvalue weighted by Gasteiger charge is -2.10. The molecule has 0 unspecified atom stereocenters. The third-order valence-electron chi connectivity index (χ3n) is 3.96. The Bertz CT molecular complexity index is 1020. The van der Waals surface area contributed by atoms with E-state index in [1.54, 1.807) is 62.6 Å². The van der Waals surface area contributed by atoms with Crippen molar-refractivity contribution in [2.75, 3.05) is 19.4 Å². The van der Waals surface area contributed by atoms with Crippen LogP contribution in [0.4, 0.5) is 5.69 Å². The molecule has 2 amide bonds. The van der Waals surface area contributed by atoms with Crippen molar-refractivity contribution in [3.8, 4) is 0 Å². The highest BCUT2D eigenvalue weighted by molar-refractivity contribution is 6.03. The molecule has 3 aromatic rings. The van der Waals surface area contributed by atoms with E-state index < -0.39 is 11.5 Å². The van der Waals surface area contributed by atoms with Crippen molar-refractivity contribution in [1.82, 2.24) is 4.90 Å². The topological polar surface area (TPSA) is 79.6 Å². The summed E-state index contributed by atoms with van der Waals surface area (Å²) in [4.78, 5) is 37.6. The first-order valence-corrected chi connectivity index (χ1v) is 8.07. The summed E-state index contributed by atoms with van der Waals surface area (Å²) in [6.45, 7) is 0. The Morgan fingerprint density at radius 1 is 1.04 bits per heavy atom. The third-order valence-corrected chi connectivity index (χ3v) is 3.96. The zero-order valence-electron chi connectivity index (χ0n) is 14.5. The average Bonchev–Trinajstić information content (AvgIpc) is 2.63. The SMILES string of the molecule is CN(C)C(=O)Cc1ccc(NC(=O)c2cc3ccccc3c(=O)o2)cc1. The monoisotopic (exact) mass is 350 g/mol. The summed E-state index contributed by atoms with van der Waals surface area (Å²) in [6.07, 6.45) is 0.292. The molecule has 1 heterocycles. The van der Waals surface area contributed by atoms with E-state index in [-0.39, 0.29) is 11.7 Å². The van der Waals surface area contributed by atoms with Crippen molar-refractivity contribution in [2.24, 2.45) is 0 Å². The van der Waals surface area contributed by atoms with Gasteiger partial charge in [-0.1, -0.05) is 30.3 Å². The van der Waals surface area contributed by atoms with Crippen molar-refractivity contribution in [3.63, 3.8) is 0 Å². The number of carbonyl (C=O) groups is 2. The quantitative estimate of drug-likeness (QED) is 0.784. The number of nitrogens with zero attached hydrogens (tertiary/aromatic N) is 1. The predicted octanol–water partition coefficient (Wildman–Crippen LogP) is 2.68. The molecule has 0 atom stereocenters. The van der Waals surface area contributed by atoms with Gasteiger partial charge in [-0.05, 0) is 35.2 Å². The van der Waals surface area contributed by atoms with Gasteiger partial charge in [-0.25, -0.2) is 4.79 Å². The van der Waals surface area contributed by atoms with Crippen molar-refractivity contribution < 1.29 is 14.0 Å². The van der Waals surface area contributed by atoms with Gasteiger partial charge in [-0.3, -0.25) is 9.59 Å². The lowest BCUT2D eigenvalue weighted by Crippen LogP contribution is -2.23. The van der Waals surface area contributed by atoms with Gasteiger partial charge >= 0.3 is 5.63 Å². The molecule has 0 spiro atoms. The number of rotatable bonds is 4. The zero-order chi connectivity index (χ0) is 18.7. The van der Waals surface area contributed by atoms with Gasteiger partial charge in [-0.15, -0.1) is 0 Å². The molecule has 3 rings (SSSR count). The van der Waals surface area contributed by atoms with E-state index in [9.17, 15) is 14.4 Å². The minimum absolute atomic E-state index is 0.000255. The molecule has 0 saturated carbocycles. The second kappa shape index (κ2) is 7.23. The fourth-order valence-electron chi connectivity index (χ4n) is 2.48. The Kier molecular flexibility index (Phi) is 4.84. The molecule has 0 radical (unpaired) electrons. The van der Waals surface area contributed by atoms with E-state index in [1.165, 1.54) is 11.0 Å². The Morgan fingerprint density at radius 2 is 1.73 bits per heavy atom. The van der Waals surface area contributed by atoms with Crippen molar-refractivity contribution in [3.05, 3.63) is 76.3 Å². The molecule has 6 nitrogen and oxygen atoms in total. The van der Waals surface area contributed by atoms with Gasteiger partial charge in [0.15, 0.2) is 5.76 Å². The van der Waals surface area contributed by atoms with Crippen LogP contribution < -0.4 is 10.9 Å². The summed E-state index contributed by atoms with van der Waals surface area (Å²) in [6, 6.07) is 15.4. The molecule has 0 aliphatic carbocycles. The van der Waals surface area contributed by atoms with Gasteiger partial charge in [0.1, 0.15) is 0 Å². The number of carbonyl (C=O) groups excluding carboxylic acids is 2. The molecule has 0 fully saturated rings. The molecule has 1 N–H and O–H groups in total. The number of hydrogen-bond acceptors (Lipinski definition) is 4. The van der Waals surface area contributed by atoms with Crippen LogP contribution in [0.1, 0.15) is 16.1 Å². The van der Waals surface area contributed by atoms with E-state index in [1.807, 2.05) is 0 Å². The maximum absolute atomic E-state index is 12.4. The standard InChI is InChI=1S/C20H18N2O4/c1-22(2)18(23)11-13-7-9-15(10-8-13)21-19(24)17-12-14-5-3-4-6-16(14)20(25)26-17/h3-10,12H,11H2,1-2H3,(H,21,24). The number of hydrogen-bond donors (Lipinski definition) is 1. The molecular weight excluding hydrogens is 332 g/mol. The van der Waals surface area contributed by atoms with E-state index in [0.29, 0.717) is 22.9 Å². The first kappa shape index (κ1) is 17.4. The van der Waals surface area contributed by atoms with Crippen molar-refractivity contribution in [2.45, 2.75) is 6.42 Å². The summed E-state index contributed by atoms with van der Waals surface area (Å²) in [5.74, 6) is -0.565. The summed E-state index contributed by atoms with van der Waals surface area (Å²) in [7, 11) is 3.41. The van der Waals surface area contributed by atoms with Gasteiger partial charge in [0.05, 0.1) is 11.8 Å². The Hall–Kier alpha value is -3.41. The summed E-state index contributed by atoms with van der Waals surface area (Å²) >= 11 is 0. The van der Waals surface area contributed by atoms with Crippen LogP contribution in [0.5, 0.6) is 0 Å². The minimum Gasteiger partial charge on any atom is -0.417 e. The number of anilines is 1. The second-order valence-corrected chi connectivity index (χ2v) is 6.10. The summed E-state index contributed by atoms with van der Waals surface area (Å²) in [5, 5.41) is 3.76. The zero-order valence-corrected chi connectivity index (χ0v) is 14.5. The highest BCUT2D eigenvalue weighted by Crippen LogP contribution is 2.15. The molecule has 6 heteroatoms. The lowest BCUT2D eigenvalue weighted by atomic mass is 10.1. The summed E-state index contributed by atoms with van der Waals surface area (Å²) in [5.41, 5.74) is 0.844. The number of likely N-dealkylation sites (N-methyl/N-ethyl adjacent to an activating group) is 1. The van der Waals surface area contributed by atoms with Crippen LogP contribution in [0.15, 0.2) is 63.8 Å². The highest BCUT2D eigenvalue weighted by atomic mass is 16.4. The van der Waals surface area contributed by atoms with Crippen LogP contribution in [0.3, 0.4) is 0 Å². The molecule has 132 valence electrons. The molecule has 0 saturated heterocycles. The Morgan fingerprint density at radius 3 is 2.42 bits per heavy atom. The first-order chi connectivity index (χ1) is 12.4. The molecule has 2 aromatic carbocycles. The lowest BCUT2D eigenvalue weighted by molar-refractivity contribution is -0.127. The molecule has 1 aromatic heterocycles. The van der Waals surface area contributed by atoms with Crippen molar-refractivity contribution >= 4 is 28.3 Å². The fourth-order valence-corrected chi connectivity index (χ4v) is 2.48. The van der Waals surface area contributed by atoms with E-state index in [2.05, 4.69) is 5.32 Å². The first-order valence-electron chi connectivity index (χ1n) is 8.07. The molecule has 0 aliphatic heterocycles. The Balaban J connectivity index is 1.76. The number of nitrogens with one attached hydrogen (secondary N) is 1. The Labute approximate surface area is 150 Å². The minimum atomic E-state index is -0.550. The third kappa shape index (κ3) is 3.80. The van der Waals surface area contributed by atoms with Gasteiger partial charge in [0.25, 0.3) is 5.91 Å². The van der Waals surface area contributed by atoms with Crippen LogP contribution in [0.25, 0.3) is 10.8 Å². The molecule has 26 heavy (non-hydrogen) atoms. The van der Waals surface area contributed by atoms with E-state index in [0.717, 1.165) is 5.56 Å². The number of amides is 2. The fraction of sp³-hybridized carbons (Fsp3) is 0.150. The number of fused-ring (bicyclic) bond motifs is 1. The van der Waals surface area contributed by atoms with Crippen LogP contribution in [-0.4, -0.2) is 30.8 Å². The van der Waals surface area contributed by atoms with Gasteiger partial charge < -0.3 is 14.6 Å². The maximum Gasteiger partial charge on any atom is 0.344 e. The second-order valence-electron chi connectivity index (χ2n) is 6.10. The van der Waals surface area contributed by atoms with E-state index >= 15 is 0 Å². The smallest absolute Gasteiger partial charge is 0.344 e. The van der Waals surface area contributed by atoms with Crippen molar-refractivity contribution in [1.29, 1.82) is 0 Å².